The van der Waals surface area contributed by atoms with Crippen LogP contribution >= 0.6 is 0 Å². The van der Waals surface area contributed by atoms with Gasteiger partial charge in [0, 0.05) is 5.57 Å². The lowest BCUT2D eigenvalue weighted by Crippen LogP contribution is -1.99. The second-order valence-corrected chi connectivity index (χ2v) is 2.43. The predicted octanol–water partition coefficient (Wildman–Crippen LogP) is 2.63. The molecule has 1 N–H and O–H groups in total. The maximum Gasteiger partial charge on any atom is 0.0614 e. The van der Waals surface area contributed by atoms with Crippen LogP contribution in [0.5, 0.6) is 0 Å². The van der Waals surface area contributed by atoms with Crippen LogP contribution in [0.1, 0.15) is 6.92 Å². The lowest BCUT2D eigenvalue weighted by molar-refractivity contribution is 1.42. The molecule has 0 saturated carbocycles. The van der Waals surface area contributed by atoms with Crippen LogP contribution in [0, 0.1) is 5.41 Å². The first-order chi connectivity index (χ1) is 5.25. The first kappa shape index (κ1) is 7.73. The van der Waals surface area contributed by atoms with Crippen LogP contribution in [0.4, 0.5) is 0 Å². The summed E-state index contributed by atoms with van der Waals surface area (Å²) in [6.07, 6.45) is 9.28. The highest BCUT2D eigenvalue weighted by Gasteiger charge is 2.02. The Hall–Kier alpha value is -1.37. The first-order valence-electron chi connectivity index (χ1n) is 3.52. The van der Waals surface area contributed by atoms with Crippen molar-refractivity contribution < 1.29 is 0 Å². The summed E-state index contributed by atoms with van der Waals surface area (Å²) < 4.78 is 0. The van der Waals surface area contributed by atoms with E-state index in [4.69, 9.17) is 5.41 Å². The number of nitrogens with one attached hydrogen (secondary N) is 1. The molecule has 0 fully saturated rings. The van der Waals surface area contributed by atoms with E-state index in [2.05, 4.69) is 6.58 Å². The van der Waals surface area contributed by atoms with Crippen molar-refractivity contribution in [2.75, 3.05) is 0 Å². The zero-order chi connectivity index (χ0) is 8.27. The maximum atomic E-state index is 7.54. The van der Waals surface area contributed by atoms with Gasteiger partial charge in [0.25, 0.3) is 0 Å². The number of hydrogen-bond acceptors (Lipinski definition) is 1. The van der Waals surface area contributed by atoms with E-state index in [1.54, 1.807) is 12.2 Å². The van der Waals surface area contributed by atoms with Crippen molar-refractivity contribution >= 4 is 5.71 Å². The molecule has 1 aliphatic rings. The molecule has 0 atom stereocenters. The lowest BCUT2D eigenvalue weighted by Gasteiger charge is -2.05. The Morgan fingerprint density at radius 2 is 2.09 bits per heavy atom. The normalized spacial score (nSPS) is 20.3. The zero-order valence-corrected chi connectivity index (χ0v) is 6.59. The standard InChI is InChI=1S/C10H11N/c1-3-8(2)9-6-4-5-7-10(9)11/h3-7,11H,1H2,2H3/b9-8+,11-10?. The minimum atomic E-state index is 0.560. The van der Waals surface area contributed by atoms with Crippen LogP contribution in [-0.4, -0.2) is 5.71 Å². The molecule has 1 aliphatic carbocycles. The molecule has 0 radical (unpaired) electrons. The van der Waals surface area contributed by atoms with Crippen LogP contribution in [-0.2, 0) is 0 Å². The summed E-state index contributed by atoms with van der Waals surface area (Å²) in [5, 5.41) is 7.54. The average Bonchev–Trinajstić information content (AvgIpc) is 2.04. The molecule has 1 rings (SSSR count). The van der Waals surface area contributed by atoms with Crippen molar-refractivity contribution in [2.24, 2.45) is 0 Å². The van der Waals surface area contributed by atoms with Gasteiger partial charge in [0.15, 0.2) is 0 Å². The highest BCUT2D eigenvalue weighted by molar-refractivity contribution is 6.10. The summed E-state index contributed by atoms with van der Waals surface area (Å²) in [6.45, 7) is 5.62. The molecular weight excluding hydrogens is 134 g/mol. The van der Waals surface area contributed by atoms with E-state index in [1.807, 2.05) is 25.2 Å². The molecule has 1 nitrogen and oxygen atoms in total. The topological polar surface area (TPSA) is 23.9 Å². The quantitative estimate of drug-likeness (QED) is 0.586. The Bertz CT molecular complexity index is 277. The van der Waals surface area contributed by atoms with Gasteiger partial charge in [0.2, 0.25) is 0 Å². The van der Waals surface area contributed by atoms with Crippen LogP contribution in [0.3, 0.4) is 0 Å². The molecule has 0 heterocycles. The molecule has 0 aromatic carbocycles. The summed E-state index contributed by atoms with van der Waals surface area (Å²) in [4.78, 5) is 0. The second kappa shape index (κ2) is 3.15. The summed E-state index contributed by atoms with van der Waals surface area (Å²) in [5.41, 5.74) is 2.57. The van der Waals surface area contributed by atoms with Crippen molar-refractivity contribution in [1.29, 1.82) is 5.41 Å². The summed E-state index contributed by atoms with van der Waals surface area (Å²) in [7, 11) is 0. The van der Waals surface area contributed by atoms with Gasteiger partial charge in [-0.1, -0.05) is 30.9 Å². The molecule has 0 aromatic heterocycles. The van der Waals surface area contributed by atoms with Crippen molar-refractivity contribution in [3.8, 4) is 0 Å². The van der Waals surface area contributed by atoms with Gasteiger partial charge in [-0.05, 0) is 18.6 Å². The molecule has 11 heavy (non-hydrogen) atoms. The molecule has 0 bridgehead atoms. The molecule has 56 valence electrons. The molecular formula is C10H11N. The second-order valence-electron chi connectivity index (χ2n) is 2.43. The SMILES string of the molecule is C=C/C(C)=C1\C=CC=CC1=N. The third-order valence-electron chi connectivity index (χ3n) is 1.66. The lowest BCUT2D eigenvalue weighted by atomic mass is 10.0. The van der Waals surface area contributed by atoms with E-state index in [1.165, 1.54) is 0 Å². The fourth-order valence-electron chi connectivity index (χ4n) is 0.937. The van der Waals surface area contributed by atoms with Crippen LogP contribution in [0.15, 0.2) is 48.1 Å². The largest absolute Gasteiger partial charge is 0.300 e. The molecule has 0 unspecified atom stereocenters. The summed E-state index contributed by atoms with van der Waals surface area (Å²) >= 11 is 0. The van der Waals surface area contributed by atoms with Gasteiger partial charge in [-0.25, -0.2) is 0 Å². The van der Waals surface area contributed by atoms with Gasteiger partial charge in [-0.2, -0.15) is 0 Å². The molecule has 0 saturated heterocycles. The molecule has 0 spiro atoms. The smallest absolute Gasteiger partial charge is 0.0614 e. The van der Waals surface area contributed by atoms with E-state index in [-0.39, 0.29) is 0 Å². The van der Waals surface area contributed by atoms with Crippen molar-refractivity contribution in [3.63, 3.8) is 0 Å². The Kier molecular flexibility index (Phi) is 2.21. The Morgan fingerprint density at radius 3 is 2.64 bits per heavy atom. The third kappa shape index (κ3) is 1.55. The third-order valence-corrected chi connectivity index (χ3v) is 1.66. The van der Waals surface area contributed by atoms with Crippen LogP contribution < -0.4 is 0 Å². The zero-order valence-electron chi connectivity index (χ0n) is 6.59. The maximum absolute atomic E-state index is 7.54. The highest BCUT2D eigenvalue weighted by atomic mass is 14.4. The van der Waals surface area contributed by atoms with Crippen molar-refractivity contribution in [1.82, 2.24) is 0 Å². The van der Waals surface area contributed by atoms with Gasteiger partial charge in [-0.3, -0.25) is 0 Å². The minimum Gasteiger partial charge on any atom is -0.300 e. The fourth-order valence-corrected chi connectivity index (χ4v) is 0.937. The Balaban J connectivity index is 3.07. The Morgan fingerprint density at radius 1 is 1.45 bits per heavy atom. The number of hydrogen-bond donors (Lipinski definition) is 1. The monoisotopic (exact) mass is 145 g/mol. The highest BCUT2D eigenvalue weighted by Crippen LogP contribution is 2.12. The van der Waals surface area contributed by atoms with Crippen molar-refractivity contribution in [3.05, 3.63) is 48.1 Å². The summed E-state index contributed by atoms with van der Waals surface area (Å²) in [5.74, 6) is 0. The van der Waals surface area contributed by atoms with Gasteiger partial charge in [-0.15, -0.1) is 0 Å². The van der Waals surface area contributed by atoms with E-state index in [9.17, 15) is 0 Å². The molecule has 0 aromatic rings. The van der Waals surface area contributed by atoms with E-state index in [0.717, 1.165) is 11.1 Å². The van der Waals surface area contributed by atoms with Gasteiger partial charge in [0.05, 0.1) is 5.71 Å². The summed E-state index contributed by atoms with van der Waals surface area (Å²) in [6, 6.07) is 0. The molecule has 0 amide bonds. The average molecular weight is 145 g/mol. The van der Waals surface area contributed by atoms with Gasteiger partial charge in [0.1, 0.15) is 0 Å². The van der Waals surface area contributed by atoms with E-state index in [0.29, 0.717) is 5.71 Å². The van der Waals surface area contributed by atoms with E-state index < -0.39 is 0 Å². The van der Waals surface area contributed by atoms with Gasteiger partial charge >= 0.3 is 0 Å². The number of allylic oxidation sites excluding steroid dienone is 7. The van der Waals surface area contributed by atoms with Gasteiger partial charge < -0.3 is 5.41 Å². The van der Waals surface area contributed by atoms with Crippen LogP contribution in [0.25, 0.3) is 0 Å². The van der Waals surface area contributed by atoms with E-state index >= 15 is 0 Å². The minimum absolute atomic E-state index is 0.560. The molecule has 0 aliphatic heterocycles. The Labute approximate surface area is 66.9 Å². The number of rotatable bonds is 1. The van der Waals surface area contributed by atoms with Crippen LogP contribution in [0.2, 0.25) is 0 Å². The van der Waals surface area contributed by atoms with Crippen molar-refractivity contribution in [2.45, 2.75) is 6.92 Å². The predicted molar refractivity (Wildman–Crippen MR) is 48.9 cm³/mol. The fraction of sp³-hybridized carbons (Fsp3) is 0.100. The first-order valence-corrected chi connectivity index (χ1v) is 3.52. The molecule has 1 heteroatoms.